The van der Waals surface area contributed by atoms with Crippen LogP contribution in [0.2, 0.25) is 0 Å². The third kappa shape index (κ3) is 6.40. The molecule has 2 aromatic carbocycles. The molecule has 0 aliphatic carbocycles. The highest BCUT2D eigenvalue weighted by Gasteiger charge is 2.15. The van der Waals surface area contributed by atoms with Crippen LogP contribution in [0, 0.1) is 12.8 Å². The molecule has 0 radical (unpaired) electrons. The van der Waals surface area contributed by atoms with E-state index in [4.69, 9.17) is 0 Å². The Morgan fingerprint density at radius 2 is 1.71 bits per heavy atom. The molecule has 0 heterocycles. The van der Waals surface area contributed by atoms with Gasteiger partial charge in [0.25, 0.3) is 0 Å². The molecule has 2 rings (SSSR count). The molecule has 0 saturated heterocycles. The minimum absolute atomic E-state index is 0.0960. The first-order valence-corrected chi connectivity index (χ1v) is 9.67. The largest absolute Gasteiger partial charge is 0.349 e. The Hall–Kier alpha value is -1.74. The van der Waals surface area contributed by atoms with E-state index in [1.54, 1.807) is 11.8 Å². The predicted octanol–water partition coefficient (Wildman–Crippen LogP) is 5.13. The minimum atomic E-state index is 0.0960. The Bertz CT molecular complexity index is 622. The number of amides is 1. The van der Waals surface area contributed by atoms with Gasteiger partial charge in [0.2, 0.25) is 5.91 Å². The number of thioether (sulfide) groups is 1. The van der Waals surface area contributed by atoms with Crippen molar-refractivity contribution in [1.82, 2.24) is 5.32 Å². The highest BCUT2D eigenvalue weighted by Crippen LogP contribution is 2.21. The van der Waals surface area contributed by atoms with Gasteiger partial charge in [0.1, 0.15) is 0 Å². The first-order valence-electron chi connectivity index (χ1n) is 8.52. The second-order valence-electron chi connectivity index (χ2n) is 6.64. The van der Waals surface area contributed by atoms with Gasteiger partial charge in [-0.05, 0) is 30.4 Å². The van der Waals surface area contributed by atoms with E-state index in [1.807, 2.05) is 18.2 Å². The standard InChI is InChI=1S/C21H27NOS/c1-16(2)13-20(19-7-5-4-6-8-19)22-21(23)15-24-14-18-11-9-17(3)10-12-18/h4-12,16,20H,13-15H2,1-3H3,(H,22,23)/t20-/m0/s1. The summed E-state index contributed by atoms with van der Waals surface area (Å²) >= 11 is 1.66. The van der Waals surface area contributed by atoms with Crippen LogP contribution in [-0.4, -0.2) is 11.7 Å². The maximum absolute atomic E-state index is 12.3. The Morgan fingerprint density at radius 1 is 1.04 bits per heavy atom. The molecular weight excluding hydrogens is 314 g/mol. The molecule has 24 heavy (non-hydrogen) atoms. The Kier molecular flexibility index (Phi) is 7.38. The van der Waals surface area contributed by atoms with E-state index in [2.05, 4.69) is 62.5 Å². The number of benzene rings is 2. The van der Waals surface area contributed by atoms with Crippen LogP contribution in [0.5, 0.6) is 0 Å². The van der Waals surface area contributed by atoms with Gasteiger partial charge in [-0.1, -0.05) is 74.0 Å². The van der Waals surface area contributed by atoms with Crippen LogP contribution < -0.4 is 5.32 Å². The van der Waals surface area contributed by atoms with Crippen molar-refractivity contribution in [3.8, 4) is 0 Å². The summed E-state index contributed by atoms with van der Waals surface area (Å²) in [6.07, 6.45) is 0.957. The van der Waals surface area contributed by atoms with Gasteiger partial charge >= 0.3 is 0 Å². The fourth-order valence-electron chi connectivity index (χ4n) is 2.62. The molecule has 0 aromatic heterocycles. The lowest BCUT2D eigenvalue weighted by Gasteiger charge is -2.21. The highest BCUT2D eigenvalue weighted by atomic mass is 32.2. The third-order valence-electron chi connectivity index (χ3n) is 3.87. The quantitative estimate of drug-likeness (QED) is 0.721. The maximum atomic E-state index is 12.3. The van der Waals surface area contributed by atoms with Crippen LogP contribution in [-0.2, 0) is 10.5 Å². The van der Waals surface area contributed by atoms with E-state index < -0.39 is 0 Å². The molecule has 2 aromatic rings. The number of carbonyl (C=O) groups is 1. The lowest BCUT2D eigenvalue weighted by atomic mass is 9.97. The number of nitrogens with one attached hydrogen (secondary N) is 1. The summed E-state index contributed by atoms with van der Waals surface area (Å²) in [6, 6.07) is 18.8. The fourth-order valence-corrected chi connectivity index (χ4v) is 3.42. The molecular formula is C21H27NOS. The Labute approximate surface area is 150 Å². The van der Waals surface area contributed by atoms with Crippen molar-refractivity contribution in [3.63, 3.8) is 0 Å². The van der Waals surface area contributed by atoms with Gasteiger partial charge in [0, 0.05) is 5.75 Å². The fraction of sp³-hybridized carbons (Fsp3) is 0.381. The number of rotatable bonds is 8. The molecule has 0 saturated carbocycles. The highest BCUT2D eigenvalue weighted by molar-refractivity contribution is 7.99. The second-order valence-corrected chi connectivity index (χ2v) is 7.62. The summed E-state index contributed by atoms with van der Waals surface area (Å²) < 4.78 is 0. The summed E-state index contributed by atoms with van der Waals surface area (Å²) in [4.78, 5) is 12.3. The first-order chi connectivity index (χ1) is 11.5. The van der Waals surface area contributed by atoms with Crippen LogP contribution in [0.1, 0.15) is 43.0 Å². The van der Waals surface area contributed by atoms with Crippen molar-refractivity contribution in [2.45, 2.75) is 39.0 Å². The van der Waals surface area contributed by atoms with E-state index >= 15 is 0 Å². The first kappa shape index (κ1) is 18.6. The zero-order valence-corrected chi connectivity index (χ0v) is 15.6. The van der Waals surface area contributed by atoms with Crippen LogP contribution in [0.15, 0.2) is 54.6 Å². The molecule has 0 bridgehead atoms. The van der Waals surface area contributed by atoms with Crippen LogP contribution in [0.4, 0.5) is 0 Å². The van der Waals surface area contributed by atoms with Crippen molar-refractivity contribution in [1.29, 1.82) is 0 Å². The summed E-state index contributed by atoms with van der Waals surface area (Å²) in [5.41, 5.74) is 3.71. The number of hydrogen-bond donors (Lipinski definition) is 1. The van der Waals surface area contributed by atoms with Crippen LogP contribution in [0.3, 0.4) is 0 Å². The van der Waals surface area contributed by atoms with Crippen LogP contribution in [0.25, 0.3) is 0 Å². The smallest absolute Gasteiger partial charge is 0.230 e. The summed E-state index contributed by atoms with van der Waals surface area (Å²) in [7, 11) is 0. The summed E-state index contributed by atoms with van der Waals surface area (Å²) in [5, 5.41) is 3.20. The van der Waals surface area contributed by atoms with Gasteiger partial charge in [0.05, 0.1) is 11.8 Å². The second kappa shape index (κ2) is 9.53. The van der Waals surface area contributed by atoms with Gasteiger partial charge in [-0.2, -0.15) is 0 Å². The number of hydrogen-bond acceptors (Lipinski definition) is 2. The molecule has 1 amide bonds. The summed E-state index contributed by atoms with van der Waals surface area (Å²) in [5.74, 6) is 2.01. The maximum Gasteiger partial charge on any atom is 0.230 e. The van der Waals surface area contributed by atoms with E-state index in [-0.39, 0.29) is 11.9 Å². The van der Waals surface area contributed by atoms with Crippen molar-refractivity contribution < 1.29 is 4.79 Å². The summed E-state index contributed by atoms with van der Waals surface area (Å²) in [6.45, 7) is 6.46. The predicted molar refractivity (Wildman–Crippen MR) is 104 cm³/mol. The average molecular weight is 342 g/mol. The average Bonchev–Trinajstić information content (AvgIpc) is 2.56. The van der Waals surface area contributed by atoms with Crippen molar-refractivity contribution in [3.05, 3.63) is 71.3 Å². The topological polar surface area (TPSA) is 29.1 Å². The minimum Gasteiger partial charge on any atom is -0.349 e. The molecule has 128 valence electrons. The van der Waals surface area contributed by atoms with E-state index in [9.17, 15) is 4.79 Å². The molecule has 0 aliphatic rings. The lowest BCUT2D eigenvalue weighted by Crippen LogP contribution is -2.30. The molecule has 0 spiro atoms. The van der Waals surface area contributed by atoms with Gasteiger partial charge in [-0.3, -0.25) is 4.79 Å². The molecule has 0 fully saturated rings. The Morgan fingerprint density at radius 3 is 2.33 bits per heavy atom. The third-order valence-corrected chi connectivity index (χ3v) is 4.87. The van der Waals surface area contributed by atoms with Crippen molar-refractivity contribution in [2.24, 2.45) is 5.92 Å². The molecule has 0 unspecified atom stereocenters. The van der Waals surface area contributed by atoms with Gasteiger partial charge in [-0.15, -0.1) is 11.8 Å². The van der Waals surface area contributed by atoms with Crippen molar-refractivity contribution >= 4 is 17.7 Å². The van der Waals surface area contributed by atoms with Gasteiger partial charge in [-0.25, -0.2) is 0 Å². The molecule has 3 heteroatoms. The molecule has 1 N–H and O–H groups in total. The van der Waals surface area contributed by atoms with E-state index in [1.165, 1.54) is 16.7 Å². The van der Waals surface area contributed by atoms with Gasteiger partial charge < -0.3 is 5.32 Å². The zero-order chi connectivity index (χ0) is 17.4. The number of carbonyl (C=O) groups excluding carboxylic acids is 1. The van der Waals surface area contributed by atoms with Crippen molar-refractivity contribution in [2.75, 3.05) is 5.75 Å². The lowest BCUT2D eigenvalue weighted by molar-refractivity contribution is -0.119. The van der Waals surface area contributed by atoms with E-state index in [0.717, 1.165) is 12.2 Å². The van der Waals surface area contributed by atoms with Crippen LogP contribution >= 0.6 is 11.8 Å². The molecule has 0 aliphatic heterocycles. The van der Waals surface area contributed by atoms with E-state index in [0.29, 0.717) is 11.7 Å². The zero-order valence-electron chi connectivity index (χ0n) is 14.8. The SMILES string of the molecule is Cc1ccc(CSCC(=O)N[C@@H](CC(C)C)c2ccccc2)cc1. The van der Waals surface area contributed by atoms with Gasteiger partial charge in [0.15, 0.2) is 0 Å². The monoisotopic (exact) mass is 341 g/mol. The molecule has 1 atom stereocenters. The molecule has 2 nitrogen and oxygen atoms in total. The normalized spacial score (nSPS) is 12.2. The number of aryl methyl sites for hydroxylation is 1. The Balaban J connectivity index is 1.85.